The molecule has 3 heterocycles. The molecule has 1 aromatic heterocycles. The number of carbonyl (C=O) groups is 3. The highest BCUT2D eigenvalue weighted by molar-refractivity contribution is 6.18. The van der Waals surface area contributed by atoms with Crippen molar-refractivity contribution >= 4 is 29.2 Å². The Hall–Kier alpha value is -4.00. The summed E-state index contributed by atoms with van der Waals surface area (Å²) in [5.41, 5.74) is 1.25. The van der Waals surface area contributed by atoms with Crippen molar-refractivity contribution in [2.45, 2.75) is 32.0 Å². The second-order valence-corrected chi connectivity index (χ2v) is 8.11. The molecular formula is C25H22N4O3. The van der Waals surface area contributed by atoms with Gasteiger partial charge in [0.2, 0.25) is 11.6 Å². The minimum atomic E-state index is -1.47. The number of para-hydroxylation sites is 1. The van der Waals surface area contributed by atoms with Crippen molar-refractivity contribution in [2.24, 2.45) is 0 Å². The summed E-state index contributed by atoms with van der Waals surface area (Å²) in [6.07, 6.45) is 2.03. The van der Waals surface area contributed by atoms with Crippen molar-refractivity contribution in [3.63, 3.8) is 0 Å². The van der Waals surface area contributed by atoms with Gasteiger partial charge in [-0.25, -0.2) is 4.98 Å². The molecule has 2 aliphatic rings. The van der Waals surface area contributed by atoms with Crippen LogP contribution >= 0.6 is 0 Å². The van der Waals surface area contributed by atoms with E-state index in [2.05, 4.69) is 10.3 Å². The molecule has 1 N–H and O–H groups in total. The zero-order valence-electron chi connectivity index (χ0n) is 17.6. The molecule has 0 bridgehead atoms. The first-order chi connectivity index (χ1) is 15.5. The number of anilines is 2. The normalized spacial score (nSPS) is 19.5. The fourth-order valence-electron chi connectivity index (χ4n) is 4.53. The van der Waals surface area contributed by atoms with Gasteiger partial charge in [0.05, 0.1) is 11.3 Å². The van der Waals surface area contributed by atoms with Gasteiger partial charge in [0.1, 0.15) is 5.82 Å². The quantitative estimate of drug-likeness (QED) is 0.692. The van der Waals surface area contributed by atoms with Crippen molar-refractivity contribution in [3.8, 4) is 0 Å². The molecule has 7 heteroatoms. The molecule has 32 heavy (non-hydrogen) atoms. The highest BCUT2D eigenvalue weighted by Gasteiger charge is 2.60. The second kappa shape index (κ2) is 7.60. The van der Waals surface area contributed by atoms with Gasteiger partial charge in [0, 0.05) is 25.6 Å². The van der Waals surface area contributed by atoms with Gasteiger partial charge in [0.25, 0.3) is 11.8 Å². The van der Waals surface area contributed by atoms with Crippen LogP contribution < -0.4 is 10.2 Å². The minimum absolute atomic E-state index is 0.168. The fourth-order valence-corrected chi connectivity index (χ4v) is 4.53. The number of aryl methyl sites for hydroxylation is 1. The number of rotatable bonds is 4. The van der Waals surface area contributed by atoms with Crippen molar-refractivity contribution in [1.29, 1.82) is 0 Å². The van der Waals surface area contributed by atoms with Gasteiger partial charge in [-0.05, 0) is 36.2 Å². The summed E-state index contributed by atoms with van der Waals surface area (Å²) >= 11 is 0. The van der Waals surface area contributed by atoms with Crippen LogP contribution in [0.3, 0.4) is 0 Å². The predicted octanol–water partition coefficient (Wildman–Crippen LogP) is 3.51. The lowest BCUT2D eigenvalue weighted by molar-refractivity contribution is -0.129. The molecule has 1 atom stereocenters. The van der Waals surface area contributed by atoms with Gasteiger partial charge in [0.15, 0.2) is 0 Å². The van der Waals surface area contributed by atoms with Gasteiger partial charge >= 0.3 is 0 Å². The number of hydrogen-bond donors (Lipinski definition) is 1. The van der Waals surface area contributed by atoms with E-state index in [1.165, 1.54) is 9.80 Å². The summed E-state index contributed by atoms with van der Waals surface area (Å²) < 4.78 is 0. The number of fused-ring (bicyclic) bond motifs is 3. The van der Waals surface area contributed by atoms with Crippen LogP contribution in [0.25, 0.3) is 0 Å². The average Bonchev–Trinajstić information content (AvgIpc) is 3.17. The zero-order valence-corrected chi connectivity index (χ0v) is 17.6. The maximum Gasteiger partial charge on any atom is 0.273 e. The van der Waals surface area contributed by atoms with E-state index in [9.17, 15) is 14.4 Å². The molecule has 2 aromatic carbocycles. The molecule has 0 aliphatic carbocycles. The van der Waals surface area contributed by atoms with Crippen LogP contribution in [0.1, 0.15) is 34.3 Å². The first kappa shape index (κ1) is 19.9. The van der Waals surface area contributed by atoms with E-state index in [1.54, 1.807) is 36.5 Å². The molecule has 0 radical (unpaired) electrons. The molecule has 1 unspecified atom stereocenters. The Labute approximate surface area is 185 Å². The average molecular weight is 426 g/mol. The Balaban J connectivity index is 1.64. The number of nitrogens with one attached hydrogen (secondary N) is 1. The lowest BCUT2D eigenvalue weighted by atomic mass is 9.94. The van der Waals surface area contributed by atoms with Crippen LogP contribution in [-0.2, 0) is 16.1 Å². The molecule has 7 nitrogen and oxygen atoms in total. The van der Waals surface area contributed by atoms with Crippen LogP contribution in [0.4, 0.5) is 11.5 Å². The molecule has 3 aromatic rings. The molecule has 0 saturated carbocycles. The van der Waals surface area contributed by atoms with E-state index in [-0.39, 0.29) is 31.2 Å². The van der Waals surface area contributed by atoms with Crippen LogP contribution in [0, 0.1) is 6.92 Å². The minimum Gasteiger partial charge on any atom is -0.307 e. The van der Waals surface area contributed by atoms with Crippen molar-refractivity contribution in [1.82, 2.24) is 9.88 Å². The van der Waals surface area contributed by atoms with E-state index < -0.39 is 11.6 Å². The topological polar surface area (TPSA) is 82.6 Å². The largest absolute Gasteiger partial charge is 0.307 e. The number of nitrogens with zero attached hydrogens (tertiary/aromatic N) is 3. The van der Waals surface area contributed by atoms with Crippen LogP contribution in [0.15, 0.2) is 72.9 Å². The van der Waals surface area contributed by atoms with E-state index in [0.717, 1.165) is 11.1 Å². The Morgan fingerprint density at radius 1 is 1.03 bits per heavy atom. The van der Waals surface area contributed by atoms with Crippen LogP contribution in [-0.4, -0.2) is 33.3 Å². The molecule has 1 saturated heterocycles. The fraction of sp³-hybridized carbons (Fsp3) is 0.200. The summed E-state index contributed by atoms with van der Waals surface area (Å²) in [4.78, 5) is 47.9. The number of aromatic nitrogens is 1. The number of carbonyl (C=O) groups excluding carboxylic acids is 3. The smallest absolute Gasteiger partial charge is 0.273 e. The number of benzene rings is 2. The van der Waals surface area contributed by atoms with E-state index in [0.29, 0.717) is 17.1 Å². The summed E-state index contributed by atoms with van der Waals surface area (Å²) in [6, 6.07) is 20.0. The standard InChI is InChI=1S/C25H22N4O3/c1-17-11-12-21(26-15-17)27-24(32)25-14-13-22(30)29(25)20-10-6-5-9-19(20)23(31)28(25)16-18-7-3-2-4-8-18/h2-12,15H,13-14,16H2,1H3,(H,26,27,32). The first-order valence-corrected chi connectivity index (χ1v) is 10.5. The van der Waals surface area contributed by atoms with Crippen LogP contribution in [0.5, 0.6) is 0 Å². The summed E-state index contributed by atoms with van der Waals surface area (Å²) in [5, 5.41) is 2.85. The van der Waals surface area contributed by atoms with Crippen molar-refractivity contribution in [3.05, 3.63) is 89.6 Å². The molecular weight excluding hydrogens is 404 g/mol. The highest BCUT2D eigenvalue weighted by atomic mass is 16.2. The van der Waals surface area contributed by atoms with Gasteiger partial charge in [-0.1, -0.05) is 48.5 Å². The third-order valence-electron chi connectivity index (χ3n) is 6.07. The van der Waals surface area contributed by atoms with Gasteiger partial charge in [-0.15, -0.1) is 0 Å². The summed E-state index contributed by atoms with van der Waals surface area (Å²) in [7, 11) is 0. The molecule has 2 aliphatic heterocycles. The molecule has 160 valence electrons. The lowest BCUT2D eigenvalue weighted by Crippen LogP contribution is -2.69. The Morgan fingerprint density at radius 2 is 1.78 bits per heavy atom. The van der Waals surface area contributed by atoms with Gasteiger partial charge in [-0.3, -0.25) is 19.3 Å². The molecule has 5 rings (SSSR count). The Kier molecular flexibility index (Phi) is 4.74. The monoisotopic (exact) mass is 426 g/mol. The first-order valence-electron chi connectivity index (χ1n) is 10.5. The molecule has 0 spiro atoms. The van der Waals surface area contributed by atoms with E-state index in [4.69, 9.17) is 0 Å². The summed E-state index contributed by atoms with van der Waals surface area (Å²) in [5.74, 6) is -0.531. The Morgan fingerprint density at radius 3 is 2.53 bits per heavy atom. The maximum atomic E-state index is 13.8. The summed E-state index contributed by atoms with van der Waals surface area (Å²) in [6.45, 7) is 2.11. The predicted molar refractivity (Wildman–Crippen MR) is 120 cm³/mol. The number of amides is 3. The highest BCUT2D eigenvalue weighted by Crippen LogP contribution is 2.45. The zero-order chi connectivity index (χ0) is 22.3. The van der Waals surface area contributed by atoms with Gasteiger partial charge in [-0.2, -0.15) is 0 Å². The SMILES string of the molecule is Cc1ccc(NC(=O)C23CCC(=O)N2c2ccccc2C(=O)N3Cc2ccccc2)nc1. The third-order valence-corrected chi connectivity index (χ3v) is 6.07. The lowest BCUT2D eigenvalue weighted by Gasteiger charge is -2.49. The van der Waals surface area contributed by atoms with Crippen LogP contribution in [0.2, 0.25) is 0 Å². The Bertz CT molecular complexity index is 1210. The third kappa shape index (κ3) is 3.05. The van der Waals surface area contributed by atoms with E-state index in [1.807, 2.05) is 43.3 Å². The van der Waals surface area contributed by atoms with E-state index >= 15 is 0 Å². The number of pyridine rings is 1. The van der Waals surface area contributed by atoms with Gasteiger partial charge < -0.3 is 10.2 Å². The molecule has 3 amide bonds. The second-order valence-electron chi connectivity index (χ2n) is 8.11. The maximum absolute atomic E-state index is 13.8. The van der Waals surface area contributed by atoms with Crippen molar-refractivity contribution < 1.29 is 14.4 Å². The number of hydrogen-bond acceptors (Lipinski definition) is 4. The molecule has 1 fully saturated rings. The van der Waals surface area contributed by atoms with Crippen molar-refractivity contribution in [2.75, 3.05) is 10.2 Å².